The molecule has 0 amide bonds. The number of aromatic nitrogens is 2. The first-order valence-electron chi connectivity index (χ1n) is 8.75. The molecule has 7 nitrogen and oxygen atoms in total. The number of fused-ring (bicyclic) bond motifs is 1. The van der Waals surface area contributed by atoms with E-state index in [1.54, 1.807) is 18.5 Å². The Balaban J connectivity index is 1.54. The number of H-pyrrole nitrogens is 1. The predicted molar refractivity (Wildman–Crippen MR) is 103 cm³/mol. The average Bonchev–Trinajstić information content (AvgIpc) is 3.24. The van der Waals surface area contributed by atoms with E-state index < -0.39 is 17.3 Å². The van der Waals surface area contributed by atoms with Gasteiger partial charge < -0.3 is 20.1 Å². The van der Waals surface area contributed by atoms with Crippen LogP contribution in [0, 0.1) is 0 Å². The highest BCUT2D eigenvalue weighted by Gasteiger charge is 2.35. The maximum atomic E-state index is 12.6. The number of nitrogens with zero attached hydrogens (tertiary/aromatic N) is 1. The number of carbonyl (C=O) groups excluding carboxylic acids is 1. The number of nitrogens with one attached hydrogen (secondary N) is 2. The van der Waals surface area contributed by atoms with Gasteiger partial charge in [0.25, 0.3) is 0 Å². The van der Waals surface area contributed by atoms with Crippen molar-refractivity contribution in [2.24, 2.45) is 0 Å². The van der Waals surface area contributed by atoms with Crippen LogP contribution in [0.15, 0.2) is 72.1 Å². The van der Waals surface area contributed by atoms with Crippen LogP contribution in [0.1, 0.15) is 11.1 Å². The number of carboxylic acids is 1. The lowest BCUT2D eigenvalue weighted by molar-refractivity contribution is -0.134. The van der Waals surface area contributed by atoms with Crippen LogP contribution < -0.4 is 5.32 Å². The Labute approximate surface area is 160 Å². The van der Waals surface area contributed by atoms with E-state index in [0.717, 1.165) is 10.9 Å². The van der Waals surface area contributed by atoms with Crippen molar-refractivity contribution in [3.05, 3.63) is 83.2 Å². The van der Waals surface area contributed by atoms with Crippen molar-refractivity contribution in [1.82, 2.24) is 15.3 Å². The van der Waals surface area contributed by atoms with Crippen LogP contribution in [-0.4, -0.2) is 33.4 Å². The van der Waals surface area contributed by atoms with Crippen molar-refractivity contribution >= 4 is 28.9 Å². The summed E-state index contributed by atoms with van der Waals surface area (Å²) in [6.45, 7) is 0.438. The Kier molecular flexibility index (Phi) is 4.63. The number of benzene rings is 1. The van der Waals surface area contributed by atoms with Gasteiger partial charge in [-0.2, -0.15) is 0 Å². The van der Waals surface area contributed by atoms with Crippen LogP contribution in [0.5, 0.6) is 0 Å². The number of hydrogen-bond acceptors (Lipinski definition) is 5. The van der Waals surface area contributed by atoms with Gasteiger partial charge in [0.15, 0.2) is 11.3 Å². The number of rotatable bonds is 6. The normalized spacial score (nSPS) is 15.3. The first kappa shape index (κ1) is 17.5. The van der Waals surface area contributed by atoms with Gasteiger partial charge in [0.05, 0.1) is 0 Å². The molecule has 0 spiro atoms. The summed E-state index contributed by atoms with van der Waals surface area (Å²) < 4.78 is 5.57. The second-order valence-corrected chi connectivity index (χ2v) is 6.26. The largest absolute Gasteiger partial charge is 0.477 e. The second-order valence-electron chi connectivity index (χ2n) is 6.26. The van der Waals surface area contributed by atoms with Crippen molar-refractivity contribution in [2.45, 2.75) is 6.42 Å². The lowest BCUT2D eigenvalue weighted by Crippen LogP contribution is -2.20. The van der Waals surface area contributed by atoms with Crippen LogP contribution in [0.2, 0.25) is 0 Å². The molecule has 0 saturated carbocycles. The van der Waals surface area contributed by atoms with Crippen molar-refractivity contribution in [3.63, 3.8) is 0 Å². The lowest BCUT2D eigenvalue weighted by Gasteiger charge is -2.08. The summed E-state index contributed by atoms with van der Waals surface area (Å²) in [6.07, 6.45) is 5.55. The van der Waals surface area contributed by atoms with Crippen LogP contribution in [-0.2, 0) is 20.7 Å². The molecule has 0 radical (unpaired) electrons. The summed E-state index contributed by atoms with van der Waals surface area (Å²) in [5, 5.41) is 13.2. The van der Waals surface area contributed by atoms with Crippen LogP contribution in [0.25, 0.3) is 17.1 Å². The summed E-state index contributed by atoms with van der Waals surface area (Å²) in [5.41, 5.74) is 2.07. The molecule has 3 aromatic rings. The number of aromatic amines is 1. The molecule has 0 unspecified atom stereocenters. The van der Waals surface area contributed by atoms with Gasteiger partial charge in [-0.05, 0) is 30.2 Å². The fourth-order valence-electron chi connectivity index (χ4n) is 3.05. The van der Waals surface area contributed by atoms with Gasteiger partial charge in [-0.25, -0.2) is 9.78 Å². The van der Waals surface area contributed by atoms with Gasteiger partial charge in [-0.1, -0.05) is 30.3 Å². The highest BCUT2D eigenvalue weighted by molar-refractivity contribution is 6.26. The lowest BCUT2D eigenvalue weighted by atomic mass is 10.1. The summed E-state index contributed by atoms with van der Waals surface area (Å²) in [4.78, 5) is 31.3. The van der Waals surface area contributed by atoms with E-state index in [2.05, 4.69) is 15.3 Å². The smallest absolute Gasteiger partial charge is 0.345 e. The minimum atomic E-state index is -1.32. The third-order valence-electron chi connectivity index (χ3n) is 4.42. The van der Waals surface area contributed by atoms with Crippen LogP contribution in [0.4, 0.5) is 0 Å². The van der Waals surface area contributed by atoms with Crippen molar-refractivity contribution < 1.29 is 19.4 Å². The van der Waals surface area contributed by atoms with E-state index >= 15 is 0 Å². The standard InChI is InChI=1S/C21H17N3O4/c25-18-16(11-14-12-24-19-15(14)7-4-9-22-19)28-20(17(18)21(26)27)23-10-8-13-5-2-1-3-6-13/h1-7,9,11-12,23H,8,10H2,(H,22,24)(H,26,27). The summed E-state index contributed by atoms with van der Waals surface area (Å²) in [6, 6.07) is 13.4. The van der Waals surface area contributed by atoms with Crippen molar-refractivity contribution in [3.8, 4) is 0 Å². The Morgan fingerprint density at radius 3 is 2.82 bits per heavy atom. The zero-order valence-corrected chi connectivity index (χ0v) is 14.8. The molecule has 0 fully saturated rings. The molecule has 0 aliphatic carbocycles. The number of pyridine rings is 1. The Hall–Kier alpha value is -3.87. The average molecular weight is 375 g/mol. The molecular formula is C21H17N3O4. The van der Waals surface area contributed by atoms with Gasteiger partial charge in [0.1, 0.15) is 5.65 Å². The van der Waals surface area contributed by atoms with Gasteiger partial charge in [0, 0.05) is 29.9 Å². The van der Waals surface area contributed by atoms with Crippen molar-refractivity contribution in [2.75, 3.05) is 6.54 Å². The summed E-state index contributed by atoms with van der Waals surface area (Å²) in [7, 11) is 0. The first-order valence-corrected chi connectivity index (χ1v) is 8.75. The number of allylic oxidation sites excluding steroid dienone is 1. The first-order chi connectivity index (χ1) is 13.6. The Morgan fingerprint density at radius 2 is 2.04 bits per heavy atom. The number of Topliss-reactive ketones (excluding diaryl/α,β-unsaturated/α-hetero) is 1. The zero-order chi connectivity index (χ0) is 19.5. The van der Waals surface area contributed by atoms with Gasteiger partial charge in [-0.15, -0.1) is 0 Å². The molecule has 2 aromatic heterocycles. The Morgan fingerprint density at radius 1 is 1.21 bits per heavy atom. The third kappa shape index (κ3) is 3.37. The minimum Gasteiger partial charge on any atom is -0.477 e. The number of carbonyl (C=O) groups is 2. The highest BCUT2D eigenvalue weighted by Crippen LogP contribution is 2.27. The molecule has 0 atom stereocenters. The minimum absolute atomic E-state index is 0.0300. The fraction of sp³-hybridized carbons (Fsp3) is 0.0952. The van der Waals surface area contributed by atoms with Crippen molar-refractivity contribution in [1.29, 1.82) is 0 Å². The maximum absolute atomic E-state index is 12.6. The van der Waals surface area contributed by atoms with Crippen LogP contribution >= 0.6 is 0 Å². The zero-order valence-electron chi connectivity index (χ0n) is 14.8. The molecular weight excluding hydrogens is 358 g/mol. The molecule has 0 bridgehead atoms. The number of ketones is 1. The van der Waals surface area contributed by atoms with E-state index in [-0.39, 0.29) is 11.6 Å². The topological polar surface area (TPSA) is 104 Å². The van der Waals surface area contributed by atoms with E-state index in [9.17, 15) is 14.7 Å². The molecule has 7 heteroatoms. The summed E-state index contributed by atoms with van der Waals surface area (Å²) in [5.74, 6) is -2.05. The molecule has 1 aromatic carbocycles. The maximum Gasteiger partial charge on any atom is 0.345 e. The van der Waals surface area contributed by atoms with E-state index in [4.69, 9.17) is 4.74 Å². The molecule has 4 rings (SSSR count). The van der Waals surface area contributed by atoms with E-state index in [1.165, 1.54) is 6.08 Å². The number of carboxylic acid groups (broad SMARTS) is 1. The van der Waals surface area contributed by atoms with E-state index in [0.29, 0.717) is 24.2 Å². The number of aliphatic carboxylic acids is 1. The number of hydrogen-bond donors (Lipinski definition) is 3. The molecule has 1 aliphatic rings. The molecule has 28 heavy (non-hydrogen) atoms. The second kappa shape index (κ2) is 7.40. The fourth-order valence-corrected chi connectivity index (χ4v) is 3.05. The van der Waals surface area contributed by atoms with Crippen LogP contribution in [0.3, 0.4) is 0 Å². The molecule has 1 aliphatic heterocycles. The van der Waals surface area contributed by atoms with E-state index in [1.807, 2.05) is 36.4 Å². The monoisotopic (exact) mass is 375 g/mol. The van der Waals surface area contributed by atoms with Gasteiger partial charge >= 0.3 is 5.97 Å². The molecule has 0 saturated heterocycles. The quantitative estimate of drug-likeness (QED) is 0.452. The SMILES string of the molecule is O=C(O)C1=C(NCCc2ccccc2)OC(=Cc2c[nH]c3ncccc23)C1=O. The highest BCUT2D eigenvalue weighted by atomic mass is 16.5. The third-order valence-corrected chi connectivity index (χ3v) is 4.42. The summed E-state index contributed by atoms with van der Waals surface area (Å²) >= 11 is 0. The number of ether oxygens (including phenoxy) is 1. The Bertz CT molecular complexity index is 1110. The predicted octanol–water partition coefficient (Wildman–Crippen LogP) is 2.63. The molecule has 3 N–H and O–H groups in total. The molecule has 3 heterocycles. The van der Waals surface area contributed by atoms with Gasteiger partial charge in [-0.3, -0.25) is 4.79 Å². The molecule has 140 valence electrons. The van der Waals surface area contributed by atoms with Gasteiger partial charge in [0.2, 0.25) is 11.7 Å².